The zero-order valence-electron chi connectivity index (χ0n) is 12.0. The lowest BCUT2D eigenvalue weighted by molar-refractivity contribution is 0.0541. The normalized spacial score (nSPS) is 13.2. The SMILES string of the molecule is OCC(O)COc1ccc2ccc3cccc4ccc1c2c34. The second-order valence-electron chi connectivity index (χ2n) is 5.57. The van der Waals surface area contributed by atoms with E-state index < -0.39 is 6.10 Å². The molecule has 0 aliphatic rings. The van der Waals surface area contributed by atoms with Crippen LogP contribution >= 0.6 is 0 Å². The molecule has 0 amide bonds. The van der Waals surface area contributed by atoms with Crippen LogP contribution in [0.1, 0.15) is 0 Å². The first kappa shape index (κ1) is 13.3. The first-order chi connectivity index (χ1) is 10.8. The van der Waals surface area contributed by atoms with Crippen LogP contribution in [0, 0.1) is 0 Å². The molecule has 1 atom stereocenters. The lowest BCUT2D eigenvalue weighted by atomic mass is 9.94. The molecule has 4 aromatic rings. The molecule has 0 saturated carbocycles. The number of hydrogen-bond donors (Lipinski definition) is 2. The molecular weight excluding hydrogens is 276 g/mol. The van der Waals surface area contributed by atoms with Gasteiger partial charge in [-0.2, -0.15) is 0 Å². The van der Waals surface area contributed by atoms with Crippen LogP contribution < -0.4 is 4.74 Å². The number of aliphatic hydroxyl groups is 2. The summed E-state index contributed by atoms with van der Waals surface area (Å²) in [6.07, 6.45) is -0.862. The Morgan fingerprint density at radius 2 is 1.45 bits per heavy atom. The van der Waals surface area contributed by atoms with Gasteiger partial charge in [-0.15, -0.1) is 0 Å². The summed E-state index contributed by atoms with van der Waals surface area (Å²) >= 11 is 0. The number of aliphatic hydroxyl groups excluding tert-OH is 2. The highest BCUT2D eigenvalue weighted by molar-refractivity contribution is 6.24. The Labute approximate surface area is 127 Å². The van der Waals surface area contributed by atoms with Gasteiger partial charge in [-0.25, -0.2) is 0 Å². The summed E-state index contributed by atoms with van der Waals surface area (Å²) in [5, 5.41) is 25.5. The van der Waals surface area contributed by atoms with Crippen molar-refractivity contribution in [3.63, 3.8) is 0 Å². The third kappa shape index (κ3) is 1.98. The summed E-state index contributed by atoms with van der Waals surface area (Å²) in [6, 6.07) is 18.7. The molecule has 0 bridgehead atoms. The fourth-order valence-electron chi connectivity index (χ4n) is 3.07. The van der Waals surface area contributed by atoms with Gasteiger partial charge in [-0.3, -0.25) is 0 Å². The molecule has 0 fully saturated rings. The molecule has 4 rings (SSSR count). The van der Waals surface area contributed by atoms with Gasteiger partial charge in [0.15, 0.2) is 0 Å². The summed E-state index contributed by atoms with van der Waals surface area (Å²) in [6.45, 7) is -0.216. The molecule has 0 aliphatic heterocycles. The molecule has 0 spiro atoms. The molecule has 22 heavy (non-hydrogen) atoms. The van der Waals surface area contributed by atoms with Crippen LogP contribution in [-0.4, -0.2) is 29.5 Å². The van der Waals surface area contributed by atoms with Crippen molar-refractivity contribution in [2.45, 2.75) is 6.10 Å². The van der Waals surface area contributed by atoms with E-state index in [1.807, 2.05) is 12.1 Å². The number of ether oxygens (including phenoxy) is 1. The highest BCUT2D eigenvalue weighted by Gasteiger charge is 2.12. The lowest BCUT2D eigenvalue weighted by Gasteiger charge is -2.15. The fraction of sp³-hybridized carbons (Fsp3) is 0.158. The van der Waals surface area contributed by atoms with Gasteiger partial charge in [0, 0.05) is 10.8 Å². The van der Waals surface area contributed by atoms with Gasteiger partial charge in [-0.1, -0.05) is 42.5 Å². The van der Waals surface area contributed by atoms with Gasteiger partial charge in [0.1, 0.15) is 18.5 Å². The fourth-order valence-corrected chi connectivity index (χ4v) is 3.07. The Bertz CT molecular complexity index is 929. The number of rotatable bonds is 4. The highest BCUT2D eigenvalue weighted by atomic mass is 16.5. The molecule has 0 saturated heterocycles. The average molecular weight is 292 g/mol. The van der Waals surface area contributed by atoms with E-state index in [2.05, 4.69) is 42.5 Å². The molecule has 1 unspecified atom stereocenters. The van der Waals surface area contributed by atoms with Crippen molar-refractivity contribution in [1.82, 2.24) is 0 Å². The van der Waals surface area contributed by atoms with Gasteiger partial charge in [0.2, 0.25) is 0 Å². The van der Waals surface area contributed by atoms with Crippen LogP contribution in [-0.2, 0) is 0 Å². The van der Waals surface area contributed by atoms with E-state index in [9.17, 15) is 5.11 Å². The van der Waals surface area contributed by atoms with E-state index in [1.165, 1.54) is 26.9 Å². The molecular formula is C19H16O3. The van der Waals surface area contributed by atoms with Gasteiger partial charge >= 0.3 is 0 Å². The van der Waals surface area contributed by atoms with E-state index in [-0.39, 0.29) is 13.2 Å². The minimum atomic E-state index is -0.862. The maximum Gasteiger partial charge on any atom is 0.127 e. The van der Waals surface area contributed by atoms with Crippen molar-refractivity contribution >= 4 is 32.3 Å². The largest absolute Gasteiger partial charge is 0.490 e. The van der Waals surface area contributed by atoms with Crippen molar-refractivity contribution in [3.8, 4) is 5.75 Å². The van der Waals surface area contributed by atoms with Crippen LogP contribution in [0.3, 0.4) is 0 Å². The Kier molecular flexibility index (Phi) is 3.10. The minimum absolute atomic E-state index is 0.0838. The van der Waals surface area contributed by atoms with E-state index in [0.717, 1.165) is 11.1 Å². The molecule has 2 N–H and O–H groups in total. The van der Waals surface area contributed by atoms with Gasteiger partial charge in [-0.05, 0) is 33.7 Å². The van der Waals surface area contributed by atoms with Crippen molar-refractivity contribution in [3.05, 3.63) is 54.6 Å². The molecule has 0 aliphatic carbocycles. The van der Waals surface area contributed by atoms with E-state index >= 15 is 0 Å². The van der Waals surface area contributed by atoms with Gasteiger partial charge in [0.25, 0.3) is 0 Å². The van der Waals surface area contributed by atoms with E-state index in [1.54, 1.807) is 0 Å². The zero-order valence-corrected chi connectivity index (χ0v) is 12.0. The summed E-state index contributed by atoms with van der Waals surface area (Å²) in [5.41, 5.74) is 0. The van der Waals surface area contributed by atoms with Crippen molar-refractivity contribution in [1.29, 1.82) is 0 Å². The highest BCUT2D eigenvalue weighted by Crippen LogP contribution is 2.38. The Morgan fingerprint density at radius 1 is 0.818 bits per heavy atom. The third-order valence-electron chi connectivity index (χ3n) is 4.13. The van der Waals surface area contributed by atoms with Crippen LogP contribution in [0.4, 0.5) is 0 Å². The molecule has 110 valence electrons. The van der Waals surface area contributed by atoms with Crippen LogP contribution in [0.5, 0.6) is 5.75 Å². The first-order valence-electron chi connectivity index (χ1n) is 7.36. The van der Waals surface area contributed by atoms with E-state index in [0.29, 0.717) is 0 Å². The lowest BCUT2D eigenvalue weighted by Crippen LogP contribution is -2.21. The standard InChI is InChI=1S/C19H16O3/c20-10-15(21)11-22-17-9-7-14-5-4-12-2-1-3-13-6-8-16(17)19(14)18(12)13/h1-9,15,20-21H,10-11H2. The first-order valence-corrected chi connectivity index (χ1v) is 7.36. The molecule has 0 heterocycles. The topological polar surface area (TPSA) is 49.7 Å². The maximum absolute atomic E-state index is 9.49. The Morgan fingerprint density at radius 3 is 2.18 bits per heavy atom. The molecule has 4 aromatic carbocycles. The van der Waals surface area contributed by atoms with Crippen LogP contribution in [0.25, 0.3) is 32.3 Å². The second-order valence-corrected chi connectivity index (χ2v) is 5.57. The molecule has 0 radical (unpaired) electrons. The zero-order chi connectivity index (χ0) is 15.1. The summed E-state index contributed by atoms with van der Waals surface area (Å²) in [4.78, 5) is 0. The molecule has 0 aromatic heterocycles. The monoisotopic (exact) mass is 292 g/mol. The van der Waals surface area contributed by atoms with Gasteiger partial charge in [0.05, 0.1) is 6.61 Å². The van der Waals surface area contributed by atoms with Crippen molar-refractivity contribution < 1.29 is 14.9 Å². The summed E-state index contributed by atoms with van der Waals surface area (Å²) < 4.78 is 5.71. The predicted molar refractivity (Wildman–Crippen MR) is 88.7 cm³/mol. The molecule has 3 nitrogen and oxygen atoms in total. The van der Waals surface area contributed by atoms with E-state index in [4.69, 9.17) is 9.84 Å². The average Bonchev–Trinajstić information content (AvgIpc) is 2.58. The third-order valence-corrected chi connectivity index (χ3v) is 4.13. The van der Waals surface area contributed by atoms with Gasteiger partial charge < -0.3 is 14.9 Å². The van der Waals surface area contributed by atoms with Crippen molar-refractivity contribution in [2.75, 3.05) is 13.2 Å². The maximum atomic E-state index is 9.49. The second kappa shape index (κ2) is 5.13. The quantitative estimate of drug-likeness (QED) is 0.567. The predicted octanol–water partition coefficient (Wildman–Crippen LogP) is 3.32. The Balaban J connectivity index is 1.96. The van der Waals surface area contributed by atoms with Crippen LogP contribution in [0.2, 0.25) is 0 Å². The minimum Gasteiger partial charge on any atom is -0.490 e. The number of hydrogen-bond acceptors (Lipinski definition) is 3. The van der Waals surface area contributed by atoms with Crippen LogP contribution in [0.15, 0.2) is 54.6 Å². The number of benzene rings is 4. The summed E-state index contributed by atoms with van der Waals surface area (Å²) in [7, 11) is 0. The van der Waals surface area contributed by atoms with Crippen molar-refractivity contribution in [2.24, 2.45) is 0 Å². The Hall–Kier alpha value is -2.36. The molecule has 3 heteroatoms. The smallest absolute Gasteiger partial charge is 0.127 e. The summed E-state index contributed by atoms with van der Waals surface area (Å²) in [5.74, 6) is 0.734.